The smallest absolute Gasteiger partial charge is 0.105 e. The van der Waals surface area contributed by atoms with E-state index in [9.17, 15) is 0 Å². The molecule has 0 bridgehead atoms. The van der Waals surface area contributed by atoms with E-state index in [0.29, 0.717) is 10.0 Å². The van der Waals surface area contributed by atoms with Gasteiger partial charge < -0.3 is 4.90 Å². The first-order valence-corrected chi connectivity index (χ1v) is 7.24. The van der Waals surface area contributed by atoms with Crippen molar-refractivity contribution in [3.8, 4) is 0 Å². The summed E-state index contributed by atoms with van der Waals surface area (Å²) in [5.74, 6) is 1.18. The third-order valence-electron chi connectivity index (χ3n) is 3.14. The van der Waals surface area contributed by atoms with E-state index in [1.54, 1.807) is 6.07 Å². The van der Waals surface area contributed by atoms with Crippen molar-refractivity contribution in [3.05, 3.63) is 28.2 Å². The van der Waals surface area contributed by atoms with Gasteiger partial charge in [-0.3, -0.25) is 0 Å². The van der Waals surface area contributed by atoms with Crippen molar-refractivity contribution in [1.82, 2.24) is 4.90 Å². The molecule has 0 N–H and O–H groups in total. The van der Waals surface area contributed by atoms with Crippen molar-refractivity contribution in [2.75, 3.05) is 13.1 Å². The van der Waals surface area contributed by atoms with E-state index in [2.05, 4.69) is 11.8 Å². The Morgan fingerprint density at radius 2 is 2.11 bits per heavy atom. The number of unbranched alkanes of at least 4 members (excludes halogenated alkanes) is 1. The summed E-state index contributed by atoms with van der Waals surface area (Å²) < 4.78 is 0. The number of nitrogens with zero attached hydrogens (tertiary/aromatic N) is 2. The molecular weight excluding hydrogens is 267 g/mol. The number of hydrogen-bond acceptors (Lipinski definition) is 1. The third kappa shape index (κ3) is 3.39. The molecule has 0 saturated carbocycles. The van der Waals surface area contributed by atoms with Crippen molar-refractivity contribution in [2.45, 2.75) is 32.6 Å². The fourth-order valence-electron chi connectivity index (χ4n) is 2.14. The lowest BCUT2D eigenvalue weighted by molar-refractivity contribution is 0.440. The second-order valence-electron chi connectivity index (χ2n) is 4.57. The monoisotopic (exact) mass is 284 g/mol. The summed E-state index contributed by atoms with van der Waals surface area (Å²) in [6.07, 6.45) is 4.70. The lowest BCUT2D eigenvalue weighted by Gasteiger charge is -2.18. The highest BCUT2D eigenvalue weighted by molar-refractivity contribution is 6.42. The van der Waals surface area contributed by atoms with Crippen molar-refractivity contribution in [3.63, 3.8) is 0 Å². The molecule has 1 heterocycles. The Labute approximate surface area is 119 Å². The van der Waals surface area contributed by atoms with E-state index in [1.807, 2.05) is 12.1 Å². The number of amidine groups is 1. The van der Waals surface area contributed by atoms with E-state index in [1.165, 1.54) is 25.1 Å². The molecule has 1 aliphatic heterocycles. The van der Waals surface area contributed by atoms with Gasteiger partial charge in [-0.2, -0.15) is 0 Å². The Morgan fingerprint density at radius 3 is 2.83 bits per heavy atom. The maximum absolute atomic E-state index is 6.00. The topological polar surface area (TPSA) is 15.6 Å². The number of aliphatic imine (C=N–C) groups is 1. The van der Waals surface area contributed by atoms with Crippen LogP contribution in [0.15, 0.2) is 23.2 Å². The first-order valence-electron chi connectivity index (χ1n) is 6.48. The van der Waals surface area contributed by atoms with Crippen LogP contribution in [0, 0.1) is 0 Å². The molecular formula is C14H18Cl2N2. The summed E-state index contributed by atoms with van der Waals surface area (Å²) in [7, 11) is 0. The SMILES string of the molecule is CCCCN1CCC/C1=N/c1ccc(Cl)c(Cl)c1. The summed E-state index contributed by atoms with van der Waals surface area (Å²) in [5, 5.41) is 1.14. The van der Waals surface area contributed by atoms with Gasteiger partial charge in [0.25, 0.3) is 0 Å². The van der Waals surface area contributed by atoms with Gasteiger partial charge in [0.05, 0.1) is 15.7 Å². The summed E-state index contributed by atoms with van der Waals surface area (Å²) in [6.45, 7) is 4.45. The van der Waals surface area contributed by atoms with E-state index in [0.717, 1.165) is 25.2 Å². The maximum atomic E-state index is 6.00. The molecule has 0 aromatic heterocycles. The van der Waals surface area contributed by atoms with Gasteiger partial charge in [-0.05, 0) is 31.0 Å². The number of benzene rings is 1. The normalized spacial score (nSPS) is 17.7. The van der Waals surface area contributed by atoms with Crippen LogP contribution in [0.25, 0.3) is 0 Å². The molecule has 0 amide bonds. The molecule has 0 unspecified atom stereocenters. The van der Waals surface area contributed by atoms with Crippen LogP contribution in [-0.2, 0) is 0 Å². The number of likely N-dealkylation sites (tertiary alicyclic amines) is 1. The van der Waals surface area contributed by atoms with Crippen molar-refractivity contribution >= 4 is 34.7 Å². The zero-order valence-electron chi connectivity index (χ0n) is 10.6. The standard InChI is InChI=1S/C14H18Cl2N2/c1-2-3-8-18-9-4-5-14(18)17-11-6-7-12(15)13(16)10-11/h6-7,10H,2-5,8-9H2,1H3/b17-14-. The average molecular weight is 285 g/mol. The molecule has 4 heteroatoms. The molecule has 1 aromatic carbocycles. The van der Waals surface area contributed by atoms with Crippen LogP contribution in [0.3, 0.4) is 0 Å². The fourth-order valence-corrected chi connectivity index (χ4v) is 2.43. The second-order valence-corrected chi connectivity index (χ2v) is 5.38. The van der Waals surface area contributed by atoms with Gasteiger partial charge in [0.1, 0.15) is 5.84 Å². The molecule has 1 aromatic rings. The maximum Gasteiger partial charge on any atom is 0.105 e. The van der Waals surface area contributed by atoms with Gasteiger partial charge >= 0.3 is 0 Å². The highest BCUT2D eigenvalue weighted by Gasteiger charge is 2.17. The molecule has 0 aliphatic carbocycles. The van der Waals surface area contributed by atoms with Gasteiger partial charge in [-0.25, -0.2) is 4.99 Å². The summed E-state index contributed by atoms with van der Waals surface area (Å²) in [4.78, 5) is 7.07. The van der Waals surface area contributed by atoms with Crippen LogP contribution in [0.5, 0.6) is 0 Å². The Hall–Kier alpha value is -0.730. The van der Waals surface area contributed by atoms with Crippen LogP contribution in [-0.4, -0.2) is 23.8 Å². The Balaban J connectivity index is 2.13. The molecule has 0 atom stereocenters. The minimum Gasteiger partial charge on any atom is -0.360 e. The number of rotatable bonds is 4. The minimum absolute atomic E-state index is 0.566. The van der Waals surface area contributed by atoms with Gasteiger partial charge in [-0.1, -0.05) is 36.5 Å². The van der Waals surface area contributed by atoms with Crippen LogP contribution in [0.2, 0.25) is 10.0 Å². The third-order valence-corrected chi connectivity index (χ3v) is 3.88. The van der Waals surface area contributed by atoms with Gasteiger partial charge in [0.2, 0.25) is 0 Å². The average Bonchev–Trinajstić information content (AvgIpc) is 2.79. The molecule has 98 valence electrons. The largest absolute Gasteiger partial charge is 0.360 e. The van der Waals surface area contributed by atoms with Crippen molar-refractivity contribution < 1.29 is 0 Å². The Morgan fingerprint density at radius 1 is 1.28 bits per heavy atom. The van der Waals surface area contributed by atoms with Crippen LogP contribution < -0.4 is 0 Å². The Bertz CT molecular complexity index is 443. The zero-order valence-corrected chi connectivity index (χ0v) is 12.1. The van der Waals surface area contributed by atoms with E-state index < -0.39 is 0 Å². The zero-order chi connectivity index (χ0) is 13.0. The van der Waals surface area contributed by atoms with Crippen molar-refractivity contribution in [2.24, 2.45) is 4.99 Å². The van der Waals surface area contributed by atoms with Crippen LogP contribution in [0.4, 0.5) is 5.69 Å². The van der Waals surface area contributed by atoms with Crippen molar-refractivity contribution in [1.29, 1.82) is 0 Å². The summed E-state index contributed by atoms with van der Waals surface area (Å²) in [6, 6.07) is 5.54. The van der Waals surface area contributed by atoms with E-state index >= 15 is 0 Å². The molecule has 18 heavy (non-hydrogen) atoms. The van der Waals surface area contributed by atoms with Gasteiger partial charge in [-0.15, -0.1) is 0 Å². The lowest BCUT2D eigenvalue weighted by Crippen LogP contribution is -2.25. The number of hydrogen-bond donors (Lipinski definition) is 0. The highest BCUT2D eigenvalue weighted by atomic mass is 35.5. The Kier molecular flexibility index (Phi) is 4.90. The van der Waals surface area contributed by atoms with Gasteiger partial charge in [0, 0.05) is 19.5 Å². The molecule has 2 rings (SSSR count). The lowest BCUT2D eigenvalue weighted by atomic mass is 10.3. The molecule has 1 aliphatic rings. The van der Waals surface area contributed by atoms with E-state index in [4.69, 9.17) is 28.2 Å². The first-order chi connectivity index (χ1) is 8.70. The number of halogens is 2. The summed E-state index contributed by atoms with van der Waals surface area (Å²) in [5.41, 5.74) is 0.891. The van der Waals surface area contributed by atoms with Crippen LogP contribution >= 0.6 is 23.2 Å². The quantitative estimate of drug-likeness (QED) is 0.766. The van der Waals surface area contributed by atoms with Gasteiger partial charge in [0.15, 0.2) is 0 Å². The fraction of sp³-hybridized carbons (Fsp3) is 0.500. The molecule has 1 fully saturated rings. The summed E-state index contributed by atoms with van der Waals surface area (Å²) >= 11 is 11.9. The van der Waals surface area contributed by atoms with Crippen LogP contribution in [0.1, 0.15) is 32.6 Å². The first kappa shape index (κ1) is 13.7. The second kappa shape index (κ2) is 6.44. The molecule has 2 nitrogen and oxygen atoms in total. The molecule has 1 saturated heterocycles. The van der Waals surface area contributed by atoms with E-state index in [-0.39, 0.29) is 0 Å². The predicted molar refractivity (Wildman–Crippen MR) is 79.3 cm³/mol. The molecule has 0 spiro atoms. The highest BCUT2D eigenvalue weighted by Crippen LogP contribution is 2.27. The minimum atomic E-state index is 0.566. The predicted octanol–water partition coefficient (Wildman–Crippen LogP) is 4.92. The molecule has 0 radical (unpaired) electrons.